The topological polar surface area (TPSA) is 122 Å². The summed E-state index contributed by atoms with van der Waals surface area (Å²) in [6.07, 6.45) is 5.14. The van der Waals surface area contributed by atoms with Gasteiger partial charge in [0.25, 0.3) is 0 Å². The lowest BCUT2D eigenvalue weighted by Gasteiger charge is -2.31. The van der Waals surface area contributed by atoms with E-state index in [1.807, 2.05) is 6.26 Å². The van der Waals surface area contributed by atoms with Gasteiger partial charge in [0.05, 0.1) is 31.2 Å². The Balaban J connectivity index is 2.80. The van der Waals surface area contributed by atoms with E-state index in [-0.39, 0.29) is 25.5 Å². The normalized spacial score (nSPS) is 18.0. The number of carboxylic acid groups (broad SMARTS) is 2. The number of hydrogen-bond donors (Lipinski definition) is 3. The van der Waals surface area contributed by atoms with E-state index in [1.54, 1.807) is 0 Å². The second kappa shape index (κ2) is 12.2. The van der Waals surface area contributed by atoms with Crippen LogP contribution >= 0.6 is 11.8 Å². The number of methoxy groups -OCH3 is 1. The smallest absolute Gasteiger partial charge is 0.326 e. The van der Waals surface area contributed by atoms with E-state index >= 15 is 0 Å². The molecule has 0 aromatic rings. The number of ether oxygens (including phenoxy) is 2. The number of rotatable bonds is 14. The van der Waals surface area contributed by atoms with E-state index in [0.29, 0.717) is 31.6 Å². The van der Waals surface area contributed by atoms with Crippen LogP contribution in [-0.4, -0.2) is 73.0 Å². The molecule has 1 aliphatic carbocycles. The highest BCUT2D eigenvalue weighted by molar-refractivity contribution is 7.98. The van der Waals surface area contributed by atoms with Crippen LogP contribution in [0.3, 0.4) is 0 Å². The lowest BCUT2D eigenvalue weighted by atomic mass is 9.76. The molecule has 1 saturated carbocycles. The Kier molecular flexibility index (Phi) is 10.7. The molecule has 1 amide bonds. The monoisotopic (exact) mass is 405 g/mol. The zero-order valence-electron chi connectivity index (χ0n) is 16.1. The van der Waals surface area contributed by atoms with Gasteiger partial charge in [0.1, 0.15) is 6.04 Å². The van der Waals surface area contributed by atoms with Crippen molar-refractivity contribution in [2.75, 3.05) is 38.9 Å². The molecule has 1 aliphatic rings. The van der Waals surface area contributed by atoms with Gasteiger partial charge in [0.15, 0.2) is 0 Å². The molecule has 0 saturated heterocycles. The van der Waals surface area contributed by atoms with E-state index in [2.05, 4.69) is 5.32 Å². The molecule has 0 heterocycles. The molecule has 1 rings (SSSR count). The standard InChI is InChI=1S/C18H31NO7S/c1-25-8-9-26-12-13(15(20)21)11-18(6-3-4-7-18)17(24)19-14(16(22)23)5-10-27-2/h13-14H,3-12H2,1-2H3,(H,19,24)(H,20,21)(H,22,23)/t13?,14-/m0/s1. The molecule has 0 spiro atoms. The second-order valence-electron chi connectivity index (χ2n) is 6.94. The van der Waals surface area contributed by atoms with E-state index in [0.717, 1.165) is 12.8 Å². The molecular formula is C18H31NO7S. The van der Waals surface area contributed by atoms with Crippen LogP contribution in [0.5, 0.6) is 0 Å². The van der Waals surface area contributed by atoms with Crippen molar-refractivity contribution in [2.24, 2.45) is 11.3 Å². The average molecular weight is 406 g/mol. The van der Waals surface area contributed by atoms with Crippen molar-refractivity contribution in [1.29, 1.82) is 0 Å². The highest BCUT2D eigenvalue weighted by atomic mass is 32.2. The predicted molar refractivity (Wildman–Crippen MR) is 102 cm³/mol. The molecule has 9 heteroatoms. The predicted octanol–water partition coefficient (Wildman–Crippen LogP) is 1.62. The summed E-state index contributed by atoms with van der Waals surface area (Å²) in [6, 6.07) is -0.955. The minimum absolute atomic E-state index is 0.00254. The van der Waals surface area contributed by atoms with E-state index in [9.17, 15) is 24.6 Å². The van der Waals surface area contributed by atoms with Gasteiger partial charge in [-0.25, -0.2) is 4.79 Å². The van der Waals surface area contributed by atoms with Crippen LogP contribution in [0.2, 0.25) is 0 Å². The minimum atomic E-state index is -1.07. The molecule has 0 aliphatic heterocycles. The van der Waals surface area contributed by atoms with Gasteiger partial charge < -0.3 is 25.0 Å². The van der Waals surface area contributed by atoms with E-state index < -0.39 is 29.3 Å². The van der Waals surface area contributed by atoms with Gasteiger partial charge in [-0.3, -0.25) is 9.59 Å². The molecule has 0 radical (unpaired) electrons. The molecule has 27 heavy (non-hydrogen) atoms. The number of nitrogens with one attached hydrogen (secondary N) is 1. The summed E-state index contributed by atoms with van der Waals surface area (Å²) in [5.41, 5.74) is -0.846. The Labute approximate surface area is 164 Å². The summed E-state index contributed by atoms with van der Waals surface area (Å²) in [7, 11) is 1.53. The number of carbonyl (C=O) groups is 3. The van der Waals surface area contributed by atoms with Gasteiger partial charge in [-0.05, 0) is 37.7 Å². The lowest BCUT2D eigenvalue weighted by molar-refractivity contribution is -0.149. The number of carboxylic acids is 2. The lowest BCUT2D eigenvalue weighted by Crippen LogP contribution is -2.49. The Bertz CT molecular complexity index is 494. The molecule has 3 N–H and O–H groups in total. The van der Waals surface area contributed by atoms with Gasteiger partial charge in [0, 0.05) is 7.11 Å². The van der Waals surface area contributed by atoms with Crippen LogP contribution in [0, 0.1) is 11.3 Å². The number of amides is 1. The first-order valence-corrected chi connectivity index (χ1v) is 10.6. The number of hydrogen-bond acceptors (Lipinski definition) is 6. The molecule has 0 bridgehead atoms. The maximum absolute atomic E-state index is 12.9. The van der Waals surface area contributed by atoms with Crippen molar-refractivity contribution >= 4 is 29.6 Å². The third-order valence-corrected chi connectivity index (χ3v) is 5.64. The van der Waals surface area contributed by atoms with Crippen LogP contribution in [0.15, 0.2) is 0 Å². The van der Waals surface area contributed by atoms with Gasteiger partial charge in [-0.1, -0.05) is 12.8 Å². The molecule has 0 aromatic carbocycles. The van der Waals surface area contributed by atoms with Gasteiger partial charge in [0.2, 0.25) is 5.91 Å². The van der Waals surface area contributed by atoms with Crippen LogP contribution in [0.25, 0.3) is 0 Å². The Morgan fingerprint density at radius 3 is 2.33 bits per heavy atom. The van der Waals surface area contributed by atoms with Crippen molar-refractivity contribution in [3.63, 3.8) is 0 Å². The van der Waals surface area contributed by atoms with Crippen molar-refractivity contribution in [1.82, 2.24) is 5.32 Å². The second-order valence-corrected chi connectivity index (χ2v) is 7.93. The summed E-state index contributed by atoms with van der Waals surface area (Å²) < 4.78 is 10.3. The van der Waals surface area contributed by atoms with E-state index in [1.165, 1.54) is 18.9 Å². The molecule has 0 aromatic heterocycles. The molecule has 1 unspecified atom stereocenters. The van der Waals surface area contributed by atoms with Crippen molar-refractivity contribution in [3.8, 4) is 0 Å². The highest BCUT2D eigenvalue weighted by Crippen LogP contribution is 2.43. The van der Waals surface area contributed by atoms with Crippen LogP contribution in [-0.2, 0) is 23.9 Å². The molecule has 8 nitrogen and oxygen atoms in total. The zero-order valence-corrected chi connectivity index (χ0v) is 16.9. The Morgan fingerprint density at radius 1 is 1.15 bits per heavy atom. The van der Waals surface area contributed by atoms with Crippen LogP contribution < -0.4 is 5.32 Å². The first kappa shape index (κ1) is 23.7. The van der Waals surface area contributed by atoms with Gasteiger partial charge in [-0.2, -0.15) is 11.8 Å². The van der Waals surface area contributed by atoms with E-state index in [4.69, 9.17) is 9.47 Å². The van der Waals surface area contributed by atoms with Crippen LogP contribution in [0.4, 0.5) is 0 Å². The summed E-state index contributed by atoms with van der Waals surface area (Å²) in [5, 5.41) is 21.5. The first-order chi connectivity index (χ1) is 12.9. The van der Waals surface area contributed by atoms with Gasteiger partial charge >= 0.3 is 11.9 Å². The fraction of sp³-hybridized carbons (Fsp3) is 0.833. The Morgan fingerprint density at radius 2 is 1.81 bits per heavy atom. The number of thioether (sulfide) groups is 1. The zero-order chi connectivity index (χ0) is 20.3. The van der Waals surface area contributed by atoms with Crippen molar-refractivity contribution in [2.45, 2.75) is 44.6 Å². The minimum Gasteiger partial charge on any atom is -0.481 e. The molecule has 1 fully saturated rings. The SMILES string of the molecule is COCCOCC(CC1(C(=O)N[C@@H](CCSC)C(=O)O)CCCC1)C(=O)O. The maximum atomic E-state index is 12.9. The third kappa shape index (κ3) is 7.67. The van der Waals surface area contributed by atoms with Crippen LogP contribution in [0.1, 0.15) is 38.5 Å². The fourth-order valence-electron chi connectivity index (χ4n) is 3.44. The first-order valence-electron chi connectivity index (χ1n) is 9.18. The quantitative estimate of drug-likeness (QED) is 0.373. The van der Waals surface area contributed by atoms with Crippen molar-refractivity contribution < 1.29 is 34.1 Å². The number of aliphatic carboxylic acids is 2. The third-order valence-electron chi connectivity index (χ3n) is 4.99. The summed E-state index contributed by atoms with van der Waals surface area (Å²) in [5.74, 6) is -2.63. The Hall–Kier alpha value is -1.32. The summed E-state index contributed by atoms with van der Waals surface area (Å²) in [6.45, 7) is 0.658. The molecular weight excluding hydrogens is 374 g/mol. The maximum Gasteiger partial charge on any atom is 0.326 e. The summed E-state index contributed by atoms with van der Waals surface area (Å²) in [4.78, 5) is 36.0. The van der Waals surface area contributed by atoms with Gasteiger partial charge in [-0.15, -0.1) is 0 Å². The molecule has 2 atom stereocenters. The van der Waals surface area contributed by atoms with Crippen molar-refractivity contribution in [3.05, 3.63) is 0 Å². The summed E-state index contributed by atoms with van der Waals surface area (Å²) >= 11 is 1.51. The highest BCUT2D eigenvalue weighted by Gasteiger charge is 2.45. The fourth-order valence-corrected chi connectivity index (χ4v) is 3.91. The average Bonchev–Trinajstić information content (AvgIpc) is 3.10. The largest absolute Gasteiger partial charge is 0.481 e. The number of carbonyl (C=O) groups excluding carboxylic acids is 1. The molecule has 156 valence electrons.